The van der Waals surface area contributed by atoms with Crippen LogP contribution in [0.15, 0.2) is 18.7 Å². The van der Waals surface area contributed by atoms with Crippen molar-refractivity contribution >= 4 is 0 Å². The Hall–Kier alpha value is -1.34. The zero-order valence-electron chi connectivity index (χ0n) is 10.1. The van der Waals surface area contributed by atoms with Gasteiger partial charge in [-0.1, -0.05) is 0 Å². The lowest BCUT2D eigenvalue weighted by atomic mass is 9.90. The molecule has 0 fully saturated rings. The first kappa shape index (κ1) is 12.7. The van der Waals surface area contributed by atoms with Crippen molar-refractivity contribution in [1.82, 2.24) is 14.9 Å². The van der Waals surface area contributed by atoms with E-state index < -0.39 is 0 Å². The molecule has 4 heteroatoms. The summed E-state index contributed by atoms with van der Waals surface area (Å²) in [6, 6.07) is 2.31. The third-order valence-electron chi connectivity index (χ3n) is 2.56. The monoisotopic (exact) mass is 220 g/mol. The Morgan fingerprint density at radius 3 is 2.88 bits per heavy atom. The van der Waals surface area contributed by atoms with E-state index in [1.165, 1.54) is 0 Å². The SMILES string of the molecule is CC(C)(C#N)CCCNCCn1ccnc1. The summed E-state index contributed by atoms with van der Waals surface area (Å²) in [6.45, 7) is 6.84. The quantitative estimate of drug-likeness (QED) is 0.713. The van der Waals surface area contributed by atoms with Crippen molar-refractivity contribution in [3.8, 4) is 6.07 Å². The molecule has 88 valence electrons. The normalized spacial score (nSPS) is 11.3. The zero-order valence-corrected chi connectivity index (χ0v) is 10.1. The molecule has 4 nitrogen and oxygen atoms in total. The fraction of sp³-hybridized carbons (Fsp3) is 0.667. The molecule has 0 bridgehead atoms. The fourth-order valence-corrected chi connectivity index (χ4v) is 1.46. The molecule has 0 saturated carbocycles. The largest absolute Gasteiger partial charge is 0.336 e. The molecule has 0 amide bonds. The second kappa shape index (κ2) is 6.29. The highest BCUT2D eigenvalue weighted by molar-refractivity contribution is 4.91. The molecule has 0 aromatic carbocycles. The number of aromatic nitrogens is 2. The summed E-state index contributed by atoms with van der Waals surface area (Å²) in [7, 11) is 0. The molecular formula is C12H20N4. The van der Waals surface area contributed by atoms with Crippen LogP contribution in [0.3, 0.4) is 0 Å². The molecule has 0 spiro atoms. The number of hydrogen-bond donors (Lipinski definition) is 1. The molecule has 0 unspecified atom stereocenters. The van der Waals surface area contributed by atoms with Crippen molar-refractivity contribution in [2.75, 3.05) is 13.1 Å². The van der Waals surface area contributed by atoms with E-state index in [9.17, 15) is 0 Å². The second-order valence-electron chi connectivity index (χ2n) is 4.65. The van der Waals surface area contributed by atoms with Crippen LogP contribution in [0.25, 0.3) is 0 Å². The summed E-state index contributed by atoms with van der Waals surface area (Å²) < 4.78 is 2.05. The van der Waals surface area contributed by atoms with Gasteiger partial charge >= 0.3 is 0 Å². The zero-order chi connectivity index (χ0) is 11.9. The van der Waals surface area contributed by atoms with E-state index in [1.54, 1.807) is 6.20 Å². The van der Waals surface area contributed by atoms with Gasteiger partial charge in [-0.15, -0.1) is 0 Å². The first-order valence-electron chi connectivity index (χ1n) is 5.72. The van der Waals surface area contributed by atoms with Gasteiger partial charge in [-0.25, -0.2) is 4.98 Å². The smallest absolute Gasteiger partial charge is 0.0946 e. The molecule has 0 atom stereocenters. The third-order valence-corrected chi connectivity index (χ3v) is 2.56. The Morgan fingerprint density at radius 1 is 1.44 bits per heavy atom. The summed E-state index contributed by atoms with van der Waals surface area (Å²) in [5.41, 5.74) is -0.188. The minimum atomic E-state index is -0.188. The van der Waals surface area contributed by atoms with Crippen molar-refractivity contribution in [2.45, 2.75) is 33.2 Å². The summed E-state index contributed by atoms with van der Waals surface area (Å²) >= 11 is 0. The van der Waals surface area contributed by atoms with E-state index in [0.29, 0.717) is 0 Å². The lowest BCUT2D eigenvalue weighted by Crippen LogP contribution is -2.22. The van der Waals surface area contributed by atoms with Crippen LogP contribution in [0.5, 0.6) is 0 Å². The molecule has 16 heavy (non-hydrogen) atoms. The highest BCUT2D eigenvalue weighted by Gasteiger charge is 2.14. The van der Waals surface area contributed by atoms with Gasteiger partial charge < -0.3 is 9.88 Å². The average Bonchev–Trinajstić information content (AvgIpc) is 2.76. The lowest BCUT2D eigenvalue weighted by molar-refractivity contribution is 0.424. The van der Waals surface area contributed by atoms with Gasteiger partial charge in [-0.3, -0.25) is 0 Å². The van der Waals surface area contributed by atoms with Gasteiger partial charge in [0.15, 0.2) is 0 Å². The van der Waals surface area contributed by atoms with Crippen LogP contribution in [0, 0.1) is 16.7 Å². The van der Waals surface area contributed by atoms with Crippen LogP contribution in [0.4, 0.5) is 0 Å². The Labute approximate surface area is 97.3 Å². The Morgan fingerprint density at radius 2 is 2.25 bits per heavy atom. The Balaban J connectivity index is 1.99. The van der Waals surface area contributed by atoms with Crippen LogP contribution in [0.2, 0.25) is 0 Å². The molecule has 0 aliphatic rings. The van der Waals surface area contributed by atoms with Crippen LogP contribution in [-0.4, -0.2) is 22.6 Å². The molecule has 0 aliphatic carbocycles. The maximum atomic E-state index is 8.84. The molecule has 1 heterocycles. The summed E-state index contributed by atoms with van der Waals surface area (Å²) in [6.07, 6.45) is 7.56. The van der Waals surface area contributed by atoms with Crippen LogP contribution in [-0.2, 0) is 6.54 Å². The molecule has 0 aliphatic heterocycles. The summed E-state index contributed by atoms with van der Waals surface area (Å²) in [5.74, 6) is 0. The number of nitrogens with zero attached hydrogens (tertiary/aromatic N) is 3. The van der Waals surface area contributed by atoms with E-state index in [2.05, 4.69) is 16.4 Å². The van der Waals surface area contributed by atoms with Gasteiger partial charge in [0.25, 0.3) is 0 Å². The summed E-state index contributed by atoms with van der Waals surface area (Å²) in [5, 5.41) is 12.2. The van der Waals surface area contributed by atoms with Gasteiger partial charge in [0, 0.05) is 25.5 Å². The summed E-state index contributed by atoms with van der Waals surface area (Å²) in [4.78, 5) is 3.98. The highest BCUT2D eigenvalue weighted by atomic mass is 15.0. The van der Waals surface area contributed by atoms with Gasteiger partial charge in [-0.2, -0.15) is 5.26 Å². The van der Waals surface area contributed by atoms with Gasteiger partial charge in [-0.05, 0) is 33.2 Å². The van der Waals surface area contributed by atoms with Gasteiger partial charge in [0.1, 0.15) is 0 Å². The number of imidazole rings is 1. The van der Waals surface area contributed by atoms with Crippen molar-refractivity contribution in [2.24, 2.45) is 5.41 Å². The minimum absolute atomic E-state index is 0.188. The van der Waals surface area contributed by atoms with E-state index in [0.717, 1.165) is 32.5 Å². The minimum Gasteiger partial charge on any atom is -0.336 e. The third kappa shape index (κ3) is 4.94. The predicted octanol–water partition coefficient (Wildman–Crippen LogP) is 1.80. The number of nitriles is 1. The van der Waals surface area contributed by atoms with Gasteiger partial charge in [0.05, 0.1) is 17.8 Å². The highest BCUT2D eigenvalue weighted by Crippen LogP contribution is 2.19. The lowest BCUT2D eigenvalue weighted by Gasteiger charge is -2.14. The second-order valence-corrected chi connectivity index (χ2v) is 4.65. The van der Waals surface area contributed by atoms with Crippen LogP contribution < -0.4 is 5.32 Å². The van der Waals surface area contributed by atoms with Crippen LogP contribution in [0.1, 0.15) is 26.7 Å². The Kier molecular flexibility index (Phi) is 5.00. The maximum Gasteiger partial charge on any atom is 0.0946 e. The molecule has 1 aromatic heterocycles. The first-order valence-corrected chi connectivity index (χ1v) is 5.72. The molecular weight excluding hydrogens is 200 g/mol. The number of nitrogens with one attached hydrogen (secondary N) is 1. The average molecular weight is 220 g/mol. The first-order chi connectivity index (χ1) is 7.64. The van der Waals surface area contributed by atoms with E-state index in [1.807, 2.05) is 30.9 Å². The molecule has 1 N–H and O–H groups in total. The van der Waals surface area contributed by atoms with Crippen molar-refractivity contribution in [1.29, 1.82) is 5.26 Å². The Bertz CT molecular complexity index is 321. The van der Waals surface area contributed by atoms with Crippen molar-refractivity contribution in [3.05, 3.63) is 18.7 Å². The van der Waals surface area contributed by atoms with Crippen molar-refractivity contribution < 1.29 is 0 Å². The fourth-order valence-electron chi connectivity index (χ4n) is 1.46. The number of rotatable bonds is 7. The number of hydrogen-bond acceptors (Lipinski definition) is 3. The standard InChI is InChI=1S/C12H20N4/c1-12(2,10-13)4-3-5-14-6-8-16-9-7-15-11-16/h7,9,11,14H,3-6,8H2,1-2H3. The van der Waals surface area contributed by atoms with E-state index in [4.69, 9.17) is 5.26 Å². The molecule has 1 rings (SSSR count). The van der Waals surface area contributed by atoms with E-state index >= 15 is 0 Å². The molecule has 0 saturated heterocycles. The van der Waals surface area contributed by atoms with Crippen molar-refractivity contribution in [3.63, 3.8) is 0 Å². The molecule has 0 radical (unpaired) electrons. The van der Waals surface area contributed by atoms with Crippen LogP contribution >= 0.6 is 0 Å². The van der Waals surface area contributed by atoms with Gasteiger partial charge in [0.2, 0.25) is 0 Å². The van der Waals surface area contributed by atoms with E-state index in [-0.39, 0.29) is 5.41 Å². The predicted molar refractivity (Wildman–Crippen MR) is 63.7 cm³/mol. The maximum absolute atomic E-state index is 8.84. The molecule has 1 aromatic rings. The topological polar surface area (TPSA) is 53.6 Å².